The summed E-state index contributed by atoms with van der Waals surface area (Å²) in [5.41, 5.74) is 5.53. The molecule has 4 rings (SSSR count). The molecule has 2 heterocycles. The van der Waals surface area contributed by atoms with E-state index in [0.29, 0.717) is 29.5 Å². The molecule has 4 N–H and O–H groups in total. The number of rotatable bonds is 5. The van der Waals surface area contributed by atoms with Crippen molar-refractivity contribution >= 4 is 22.5 Å². The van der Waals surface area contributed by atoms with Gasteiger partial charge in [-0.3, -0.25) is 4.79 Å². The van der Waals surface area contributed by atoms with Gasteiger partial charge in [-0.15, -0.1) is 0 Å². The van der Waals surface area contributed by atoms with E-state index in [9.17, 15) is 18.0 Å². The molecule has 0 atom stereocenters. The van der Waals surface area contributed by atoms with Crippen LogP contribution in [0.3, 0.4) is 0 Å². The third-order valence-corrected chi connectivity index (χ3v) is 4.98. The smallest absolute Gasteiger partial charge is 0.433 e. The van der Waals surface area contributed by atoms with Gasteiger partial charge in [-0.05, 0) is 24.3 Å². The number of ether oxygens (including phenoxy) is 1. The third kappa shape index (κ3) is 3.83. The van der Waals surface area contributed by atoms with E-state index >= 15 is 0 Å². The lowest BCUT2D eigenvalue weighted by molar-refractivity contribution is -0.140. The number of nitrogens with zero attached hydrogens (tertiary/aromatic N) is 2. The van der Waals surface area contributed by atoms with Crippen molar-refractivity contribution in [2.24, 2.45) is 5.73 Å². The number of hydrogen-bond acceptors (Lipinski definition) is 7. The maximum absolute atomic E-state index is 13.1. The third-order valence-electron chi connectivity index (χ3n) is 4.98. The lowest BCUT2D eigenvalue weighted by atomic mass is 9.90. The van der Waals surface area contributed by atoms with E-state index in [1.165, 1.54) is 19.2 Å². The number of halogens is 3. The fraction of sp³-hybridized carbons (Fsp3) is 0.300. The Morgan fingerprint density at radius 3 is 2.65 bits per heavy atom. The Morgan fingerprint density at radius 1 is 1.29 bits per heavy atom. The Morgan fingerprint density at radius 2 is 2.03 bits per heavy atom. The number of methoxy groups -OCH3 is 1. The number of nitrogens with one attached hydrogen (secondary N) is 2. The van der Waals surface area contributed by atoms with Crippen LogP contribution in [0.25, 0.3) is 22.4 Å². The van der Waals surface area contributed by atoms with Crippen LogP contribution in [0.1, 0.15) is 34.8 Å². The minimum Gasteiger partial charge on any atom is -0.494 e. The number of fused-ring (bicyclic) bond motifs is 1. The first kappa shape index (κ1) is 20.8. The van der Waals surface area contributed by atoms with Crippen molar-refractivity contribution in [1.82, 2.24) is 15.3 Å². The Labute approximate surface area is 174 Å². The molecule has 0 radical (unpaired) electrons. The van der Waals surface area contributed by atoms with Crippen LogP contribution in [0, 0.1) is 5.41 Å². The minimum atomic E-state index is -4.62. The summed E-state index contributed by atoms with van der Waals surface area (Å²) < 4.78 is 50.2. The van der Waals surface area contributed by atoms with Crippen molar-refractivity contribution in [2.75, 3.05) is 7.11 Å². The van der Waals surface area contributed by atoms with E-state index in [0.717, 1.165) is 6.07 Å². The Kier molecular flexibility index (Phi) is 5.13. The van der Waals surface area contributed by atoms with E-state index in [1.54, 1.807) is 6.07 Å². The first-order valence-electron chi connectivity index (χ1n) is 9.33. The average molecular weight is 433 g/mol. The molecular formula is C20H18F3N5O3. The average Bonchev–Trinajstić information content (AvgIpc) is 3.15. The molecule has 0 aliphatic heterocycles. The molecule has 1 aromatic carbocycles. The first-order valence-corrected chi connectivity index (χ1v) is 9.33. The van der Waals surface area contributed by atoms with Gasteiger partial charge in [-0.1, -0.05) is 0 Å². The van der Waals surface area contributed by atoms with Crippen LogP contribution >= 0.6 is 0 Å². The summed E-state index contributed by atoms with van der Waals surface area (Å²) in [6.45, 7) is -0.0964. The second kappa shape index (κ2) is 7.65. The Balaban J connectivity index is 1.77. The summed E-state index contributed by atoms with van der Waals surface area (Å²) in [5.74, 6) is -0.156. The number of aromatic nitrogens is 2. The summed E-state index contributed by atoms with van der Waals surface area (Å²) in [5, 5.41) is 10.6. The molecule has 1 amide bonds. The van der Waals surface area contributed by atoms with Gasteiger partial charge in [-0.25, -0.2) is 9.97 Å². The van der Waals surface area contributed by atoms with Crippen molar-refractivity contribution < 1.29 is 27.1 Å². The lowest BCUT2D eigenvalue weighted by Gasteiger charge is -2.27. The van der Waals surface area contributed by atoms with Crippen LogP contribution in [-0.2, 0) is 12.7 Å². The number of benzene rings is 1. The van der Waals surface area contributed by atoms with Crippen LogP contribution in [0.5, 0.6) is 5.75 Å². The van der Waals surface area contributed by atoms with Gasteiger partial charge >= 0.3 is 6.18 Å². The minimum absolute atomic E-state index is 0.000213. The molecule has 1 saturated carbocycles. The lowest BCUT2D eigenvalue weighted by Crippen LogP contribution is -2.44. The van der Waals surface area contributed by atoms with Crippen molar-refractivity contribution in [2.45, 2.75) is 31.6 Å². The van der Waals surface area contributed by atoms with E-state index < -0.39 is 17.8 Å². The van der Waals surface area contributed by atoms with Gasteiger partial charge in [0, 0.05) is 35.5 Å². The summed E-state index contributed by atoms with van der Waals surface area (Å²) in [7, 11) is 1.33. The molecule has 1 aliphatic rings. The molecule has 0 bridgehead atoms. The molecule has 11 heteroatoms. The predicted octanol–water partition coefficient (Wildman–Crippen LogP) is 3.29. The van der Waals surface area contributed by atoms with Gasteiger partial charge in [0.1, 0.15) is 17.0 Å². The van der Waals surface area contributed by atoms with Crippen molar-refractivity contribution in [3.8, 4) is 17.2 Å². The quantitative estimate of drug-likeness (QED) is 0.567. The number of carbonyl (C=O) groups is 1. The molecule has 3 aromatic rings. The van der Waals surface area contributed by atoms with E-state index in [-0.39, 0.29) is 41.2 Å². The molecule has 1 aliphatic carbocycles. The second-order valence-electron chi connectivity index (χ2n) is 7.08. The number of oxazole rings is 1. The molecular weight excluding hydrogens is 415 g/mol. The number of nitrogens with two attached hydrogens (primary N) is 1. The maximum Gasteiger partial charge on any atom is 0.433 e. The van der Waals surface area contributed by atoms with Crippen LogP contribution in [0.15, 0.2) is 28.7 Å². The van der Waals surface area contributed by atoms with Crippen molar-refractivity contribution in [3.05, 3.63) is 41.4 Å². The summed E-state index contributed by atoms with van der Waals surface area (Å²) in [6.07, 6.45) is -3.66. The van der Waals surface area contributed by atoms with Crippen molar-refractivity contribution in [1.29, 1.82) is 5.41 Å². The zero-order chi connectivity index (χ0) is 22.3. The summed E-state index contributed by atoms with van der Waals surface area (Å²) in [4.78, 5) is 20.5. The SMILES string of the molecule is COc1ccc(-c2nc(C(=O)NC3CC(=N)C3)c(CN)o2)c2ccc(C(F)(F)F)nc12. The van der Waals surface area contributed by atoms with Crippen molar-refractivity contribution in [3.63, 3.8) is 0 Å². The fourth-order valence-corrected chi connectivity index (χ4v) is 3.37. The van der Waals surface area contributed by atoms with E-state index in [2.05, 4.69) is 15.3 Å². The number of pyridine rings is 1. The maximum atomic E-state index is 13.1. The number of hydrogen-bond donors (Lipinski definition) is 3. The van der Waals surface area contributed by atoms with Gasteiger partial charge in [0.25, 0.3) is 5.91 Å². The highest BCUT2D eigenvalue weighted by Gasteiger charge is 2.33. The molecule has 31 heavy (non-hydrogen) atoms. The van der Waals surface area contributed by atoms with Gasteiger partial charge in [0.05, 0.1) is 13.7 Å². The van der Waals surface area contributed by atoms with Crippen LogP contribution in [0.4, 0.5) is 13.2 Å². The monoisotopic (exact) mass is 433 g/mol. The Bertz CT molecular complexity index is 1180. The van der Waals surface area contributed by atoms with Gasteiger partial charge in [-0.2, -0.15) is 13.2 Å². The molecule has 1 fully saturated rings. The number of carbonyl (C=O) groups excluding carboxylic acids is 1. The van der Waals surface area contributed by atoms with E-state index in [4.69, 9.17) is 20.3 Å². The zero-order valence-corrected chi connectivity index (χ0v) is 16.3. The summed E-state index contributed by atoms with van der Waals surface area (Å²) in [6, 6.07) is 5.00. The van der Waals surface area contributed by atoms with Crippen LogP contribution in [-0.4, -0.2) is 34.7 Å². The zero-order valence-electron chi connectivity index (χ0n) is 16.3. The molecule has 8 nitrogen and oxygen atoms in total. The topological polar surface area (TPSA) is 127 Å². The molecule has 162 valence electrons. The normalized spacial score (nSPS) is 16.3. The largest absolute Gasteiger partial charge is 0.494 e. The van der Waals surface area contributed by atoms with Gasteiger partial charge in [0.15, 0.2) is 11.5 Å². The van der Waals surface area contributed by atoms with Crippen LogP contribution < -0.4 is 15.8 Å². The van der Waals surface area contributed by atoms with E-state index in [1.807, 2.05) is 0 Å². The highest BCUT2D eigenvalue weighted by molar-refractivity contribution is 5.99. The van der Waals surface area contributed by atoms with Crippen LogP contribution in [0.2, 0.25) is 0 Å². The number of alkyl halides is 3. The first-order chi connectivity index (χ1) is 14.7. The highest BCUT2D eigenvalue weighted by atomic mass is 19.4. The molecule has 0 saturated heterocycles. The second-order valence-corrected chi connectivity index (χ2v) is 7.08. The predicted molar refractivity (Wildman–Crippen MR) is 105 cm³/mol. The molecule has 2 aromatic heterocycles. The number of amides is 1. The molecule has 0 unspecified atom stereocenters. The molecule has 0 spiro atoms. The fourth-order valence-electron chi connectivity index (χ4n) is 3.37. The summed E-state index contributed by atoms with van der Waals surface area (Å²) >= 11 is 0. The highest BCUT2D eigenvalue weighted by Crippen LogP contribution is 2.37. The Hall–Kier alpha value is -3.47. The van der Waals surface area contributed by atoms with Gasteiger partial charge < -0.3 is 25.6 Å². The standard InChI is InChI=1S/C20H18F3N5O3/c1-30-13-4-2-12(11-3-5-15(20(21,22)23)27-16(11)13)19-28-17(14(8-24)31-19)18(29)26-10-6-9(25)7-10/h2-5,10,25H,6-8,24H2,1H3,(H,26,29). The van der Waals surface area contributed by atoms with Gasteiger partial charge in [0.2, 0.25) is 5.89 Å².